The molecular formula is C14H11F3N2O3S. The molecule has 122 valence electrons. The fraction of sp³-hybridized carbons (Fsp3) is 0.143. The van der Waals surface area contributed by atoms with Crippen LogP contribution in [-0.4, -0.2) is 24.8 Å². The van der Waals surface area contributed by atoms with Gasteiger partial charge in [0.1, 0.15) is 0 Å². The van der Waals surface area contributed by atoms with Crippen molar-refractivity contribution in [1.29, 1.82) is 0 Å². The van der Waals surface area contributed by atoms with Crippen molar-refractivity contribution in [2.45, 2.75) is 17.5 Å². The molecule has 0 spiro atoms. The van der Waals surface area contributed by atoms with Gasteiger partial charge in [-0.2, -0.15) is 13.2 Å². The van der Waals surface area contributed by atoms with Gasteiger partial charge in [0.25, 0.3) is 15.7 Å². The van der Waals surface area contributed by atoms with E-state index in [-0.39, 0.29) is 0 Å². The number of rotatable bonds is 3. The van der Waals surface area contributed by atoms with Crippen LogP contribution in [0.3, 0.4) is 0 Å². The van der Waals surface area contributed by atoms with E-state index in [1.165, 1.54) is 6.07 Å². The van der Waals surface area contributed by atoms with E-state index in [2.05, 4.69) is 10.3 Å². The van der Waals surface area contributed by atoms with Crippen molar-refractivity contribution in [2.75, 3.05) is 5.32 Å². The summed E-state index contributed by atoms with van der Waals surface area (Å²) in [5.41, 5.74) is -4.98. The number of carbonyl (C=O) groups excluding carboxylic acids is 1. The molecule has 1 N–H and O–H groups in total. The molecular weight excluding hydrogens is 333 g/mol. The first-order valence-electron chi connectivity index (χ1n) is 6.27. The molecule has 2 aromatic rings. The van der Waals surface area contributed by atoms with Gasteiger partial charge in [-0.05, 0) is 31.2 Å². The van der Waals surface area contributed by atoms with Crippen molar-refractivity contribution >= 4 is 21.4 Å². The van der Waals surface area contributed by atoms with Crippen LogP contribution in [0.25, 0.3) is 0 Å². The smallest absolute Gasteiger partial charge is 0.322 e. The van der Waals surface area contributed by atoms with Crippen molar-refractivity contribution in [3.63, 3.8) is 0 Å². The largest absolute Gasteiger partial charge is 0.503 e. The van der Waals surface area contributed by atoms with Gasteiger partial charge in [0.15, 0.2) is 5.03 Å². The number of carbonyl (C=O) groups is 1. The van der Waals surface area contributed by atoms with Crippen LogP contribution in [-0.2, 0) is 9.84 Å². The van der Waals surface area contributed by atoms with E-state index in [1.807, 2.05) is 6.92 Å². The topological polar surface area (TPSA) is 76.1 Å². The Bertz CT molecular complexity index is 831. The van der Waals surface area contributed by atoms with Crippen LogP contribution >= 0.6 is 0 Å². The van der Waals surface area contributed by atoms with Crippen molar-refractivity contribution < 1.29 is 26.4 Å². The number of alkyl halides is 3. The minimum absolute atomic E-state index is 0.319. The zero-order chi connectivity index (χ0) is 17.3. The molecule has 1 aromatic carbocycles. The quantitative estimate of drug-likeness (QED) is 0.929. The number of nitrogens with one attached hydrogen (secondary N) is 1. The molecule has 5 nitrogen and oxygen atoms in total. The summed E-state index contributed by atoms with van der Waals surface area (Å²) in [6, 6.07) is 8.61. The van der Waals surface area contributed by atoms with Gasteiger partial charge in [-0.25, -0.2) is 13.4 Å². The number of hydrogen-bond donors (Lipinski definition) is 1. The van der Waals surface area contributed by atoms with E-state index in [9.17, 15) is 26.4 Å². The molecule has 0 aliphatic carbocycles. The van der Waals surface area contributed by atoms with Crippen LogP contribution < -0.4 is 5.32 Å². The fourth-order valence-electron chi connectivity index (χ4n) is 1.72. The first-order chi connectivity index (χ1) is 10.6. The zero-order valence-corrected chi connectivity index (χ0v) is 12.6. The lowest BCUT2D eigenvalue weighted by atomic mass is 10.2. The normalized spacial score (nSPS) is 12.0. The molecule has 2 rings (SSSR count). The third-order valence-corrected chi connectivity index (χ3v) is 4.33. The van der Waals surface area contributed by atoms with Crippen LogP contribution in [0.2, 0.25) is 0 Å². The Morgan fingerprint density at radius 3 is 2.30 bits per heavy atom. The Hall–Kier alpha value is -2.42. The number of pyridine rings is 1. The summed E-state index contributed by atoms with van der Waals surface area (Å²) in [7, 11) is -5.72. The molecule has 1 heterocycles. The van der Waals surface area contributed by atoms with Crippen molar-refractivity contribution in [1.82, 2.24) is 4.98 Å². The second-order valence-electron chi connectivity index (χ2n) is 4.63. The van der Waals surface area contributed by atoms with Gasteiger partial charge >= 0.3 is 5.51 Å². The molecule has 0 atom stereocenters. The van der Waals surface area contributed by atoms with Crippen LogP contribution in [0.1, 0.15) is 15.9 Å². The first-order valence-corrected chi connectivity index (χ1v) is 7.75. The van der Waals surface area contributed by atoms with Gasteiger partial charge in [-0.15, -0.1) is 0 Å². The van der Waals surface area contributed by atoms with Gasteiger partial charge in [0, 0.05) is 11.9 Å². The molecule has 1 aromatic heterocycles. The lowest BCUT2D eigenvalue weighted by Crippen LogP contribution is -2.27. The number of benzene rings is 1. The molecule has 1 amide bonds. The van der Waals surface area contributed by atoms with E-state index >= 15 is 0 Å². The minimum atomic E-state index is -5.72. The third-order valence-electron chi connectivity index (χ3n) is 2.88. The number of aromatic nitrogens is 1. The SMILES string of the molecule is Cc1ccc(NC(=O)c2cccnc2S(=O)(=O)C(F)(F)F)cc1. The average molecular weight is 344 g/mol. The van der Waals surface area contributed by atoms with Gasteiger partial charge in [0.2, 0.25) is 0 Å². The van der Waals surface area contributed by atoms with Crippen LogP contribution in [0.15, 0.2) is 47.6 Å². The van der Waals surface area contributed by atoms with Crippen LogP contribution in [0.5, 0.6) is 0 Å². The molecule has 0 unspecified atom stereocenters. The van der Waals surface area contributed by atoms with E-state index < -0.39 is 31.8 Å². The minimum Gasteiger partial charge on any atom is -0.322 e. The maximum absolute atomic E-state index is 12.7. The third kappa shape index (κ3) is 3.50. The van der Waals surface area contributed by atoms with Gasteiger partial charge in [0.05, 0.1) is 5.56 Å². The molecule has 0 aliphatic rings. The summed E-state index contributed by atoms with van der Waals surface area (Å²) >= 11 is 0. The monoisotopic (exact) mass is 344 g/mol. The Labute approximate surface area is 130 Å². The molecule has 0 saturated carbocycles. The maximum Gasteiger partial charge on any atom is 0.503 e. The lowest BCUT2D eigenvalue weighted by molar-refractivity contribution is -0.0438. The lowest BCUT2D eigenvalue weighted by Gasteiger charge is -2.11. The number of amides is 1. The molecule has 0 radical (unpaired) electrons. The van der Waals surface area contributed by atoms with E-state index in [1.54, 1.807) is 24.3 Å². The molecule has 0 fully saturated rings. The highest BCUT2D eigenvalue weighted by Crippen LogP contribution is 2.31. The Kier molecular flexibility index (Phi) is 4.42. The summed E-state index contributed by atoms with van der Waals surface area (Å²) in [6.07, 6.45) is 0.876. The van der Waals surface area contributed by atoms with Gasteiger partial charge < -0.3 is 5.32 Å². The highest BCUT2D eigenvalue weighted by atomic mass is 32.2. The first kappa shape index (κ1) is 16.9. The second kappa shape index (κ2) is 5.99. The van der Waals surface area contributed by atoms with Crippen LogP contribution in [0, 0.1) is 6.92 Å². The maximum atomic E-state index is 12.7. The standard InChI is InChI=1S/C14H11F3N2O3S/c1-9-4-6-10(7-5-9)19-12(20)11-3-2-8-18-13(11)23(21,22)14(15,16)17/h2-8H,1H3,(H,19,20). The van der Waals surface area contributed by atoms with E-state index in [0.717, 1.165) is 17.8 Å². The Balaban J connectivity index is 2.41. The summed E-state index contributed by atoms with van der Waals surface area (Å²) in [4.78, 5) is 15.3. The second-order valence-corrected chi connectivity index (χ2v) is 6.48. The summed E-state index contributed by atoms with van der Waals surface area (Å²) in [6.45, 7) is 1.82. The number of aryl methyl sites for hydroxylation is 1. The summed E-state index contributed by atoms with van der Waals surface area (Å²) < 4.78 is 61.0. The van der Waals surface area contributed by atoms with E-state index in [4.69, 9.17) is 0 Å². The number of hydrogen-bond acceptors (Lipinski definition) is 4. The number of halogens is 3. The molecule has 9 heteroatoms. The Morgan fingerprint density at radius 1 is 1.13 bits per heavy atom. The predicted octanol–water partition coefficient (Wildman–Crippen LogP) is 2.94. The van der Waals surface area contributed by atoms with Crippen molar-refractivity contribution in [3.05, 3.63) is 53.7 Å². The van der Waals surface area contributed by atoms with Gasteiger partial charge in [-0.1, -0.05) is 17.7 Å². The molecule has 23 heavy (non-hydrogen) atoms. The van der Waals surface area contributed by atoms with Crippen molar-refractivity contribution in [2.24, 2.45) is 0 Å². The summed E-state index contributed by atoms with van der Waals surface area (Å²) in [5, 5.41) is 1.02. The number of nitrogens with zero attached hydrogens (tertiary/aromatic N) is 1. The van der Waals surface area contributed by atoms with Crippen LogP contribution in [0.4, 0.5) is 18.9 Å². The average Bonchev–Trinajstić information content (AvgIpc) is 2.48. The summed E-state index contributed by atoms with van der Waals surface area (Å²) in [5.74, 6) is -0.996. The van der Waals surface area contributed by atoms with E-state index in [0.29, 0.717) is 5.69 Å². The highest BCUT2D eigenvalue weighted by Gasteiger charge is 2.49. The van der Waals surface area contributed by atoms with Gasteiger partial charge in [-0.3, -0.25) is 4.79 Å². The van der Waals surface area contributed by atoms with Crippen molar-refractivity contribution in [3.8, 4) is 0 Å². The highest BCUT2D eigenvalue weighted by molar-refractivity contribution is 7.92. The molecule has 0 aliphatic heterocycles. The Morgan fingerprint density at radius 2 is 1.74 bits per heavy atom. The fourth-order valence-corrected chi connectivity index (χ4v) is 2.59. The molecule has 0 bridgehead atoms. The molecule has 0 saturated heterocycles. The number of anilines is 1. The predicted molar refractivity (Wildman–Crippen MR) is 76.6 cm³/mol. The zero-order valence-electron chi connectivity index (χ0n) is 11.8. The number of sulfone groups is 1.